The molecule has 1 aromatic carbocycles. The molecule has 0 fully saturated rings. The number of benzene rings is 1. The molecule has 0 radical (unpaired) electrons. The topological polar surface area (TPSA) is 26.0 Å². The highest BCUT2D eigenvalue weighted by Crippen LogP contribution is 2.33. The number of alkyl halides is 6. The van der Waals surface area contributed by atoms with Gasteiger partial charge in [-0.25, -0.2) is 0 Å². The summed E-state index contributed by atoms with van der Waals surface area (Å²) in [5.74, 6) is -1.72. The average molecular weight is 285 g/mol. The van der Waals surface area contributed by atoms with Crippen molar-refractivity contribution in [2.24, 2.45) is 11.7 Å². The van der Waals surface area contributed by atoms with Gasteiger partial charge in [0.25, 0.3) is 0 Å². The highest BCUT2D eigenvalue weighted by Gasteiger charge is 2.39. The maximum Gasteiger partial charge on any atom is 0.416 e. The molecule has 0 heterocycles. The third-order valence-corrected chi connectivity index (χ3v) is 2.71. The predicted molar refractivity (Wildman–Crippen MR) is 58.4 cm³/mol. The van der Waals surface area contributed by atoms with Crippen molar-refractivity contribution in [2.75, 3.05) is 6.54 Å². The van der Waals surface area contributed by atoms with Crippen LogP contribution in [0.4, 0.5) is 26.3 Å². The monoisotopic (exact) mass is 285 g/mol. The molecule has 0 aliphatic heterocycles. The minimum Gasteiger partial charge on any atom is -0.330 e. The molecule has 2 N–H and O–H groups in total. The van der Waals surface area contributed by atoms with E-state index >= 15 is 0 Å². The largest absolute Gasteiger partial charge is 0.416 e. The zero-order valence-electron chi connectivity index (χ0n) is 9.85. The van der Waals surface area contributed by atoms with E-state index in [1.54, 1.807) is 0 Å². The van der Waals surface area contributed by atoms with Gasteiger partial charge in [0, 0.05) is 0 Å². The lowest BCUT2D eigenvalue weighted by Gasteiger charge is -2.20. The van der Waals surface area contributed by atoms with E-state index in [-0.39, 0.29) is 18.5 Å². The van der Waals surface area contributed by atoms with Crippen LogP contribution in [0.5, 0.6) is 0 Å². The maximum absolute atomic E-state index is 12.6. The zero-order chi connectivity index (χ0) is 14.7. The summed E-state index contributed by atoms with van der Waals surface area (Å²) in [6.07, 6.45) is -9.82. The third kappa shape index (κ3) is 4.74. The van der Waals surface area contributed by atoms with E-state index in [0.29, 0.717) is 0 Å². The number of halogens is 6. The Morgan fingerprint density at radius 2 is 1.68 bits per heavy atom. The van der Waals surface area contributed by atoms with Gasteiger partial charge >= 0.3 is 12.4 Å². The van der Waals surface area contributed by atoms with Crippen molar-refractivity contribution < 1.29 is 26.3 Å². The van der Waals surface area contributed by atoms with Crippen LogP contribution in [0.2, 0.25) is 0 Å². The minimum atomic E-state index is -4.56. The Balaban J connectivity index is 2.91. The summed E-state index contributed by atoms with van der Waals surface area (Å²) in [6.45, 7) is -0.164. The fourth-order valence-corrected chi connectivity index (χ4v) is 1.74. The lowest BCUT2D eigenvalue weighted by atomic mass is 9.94. The van der Waals surface area contributed by atoms with Crippen LogP contribution in [0, 0.1) is 5.92 Å². The van der Waals surface area contributed by atoms with Crippen LogP contribution in [0.25, 0.3) is 0 Å². The molecule has 1 atom stereocenters. The van der Waals surface area contributed by atoms with Crippen molar-refractivity contribution in [3.05, 3.63) is 35.4 Å². The van der Waals surface area contributed by atoms with Crippen molar-refractivity contribution in [3.8, 4) is 0 Å². The molecule has 1 aromatic rings. The van der Waals surface area contributed by atoms with E-state index < -0.39 is 30.3 Å². The van der Waals surface area contributed by atoms with Crippen molar-refractivity contribution in [3.63, 3.8) is 0 Å². The minimum absolute atomic E-state index is 0.00519. The van der Waals surface area contributed by atoms with E-state index in [4.69, 9.17) is 5.73 Å². The van der Waals surface area contributed by atoms with Gasteiger partial charge in [-0.3, -0.25) is 0 Å². The van der Waals surface area contributed by atoms with Gasteiger partial charge in [-0.15, -0.1) is 0 Å². The second-order valence-corrected chi connectivity index (χ2v) is 4.22. The van der Waals surface area contributed by atoms with Gasteiger partial charge in [0.1, 0.15) is 0 Å². The molecule has 0 spiro atoms. The highest BCUT2D eigenvalue weighted by molar-refractivity contribution is 5.26. The molecule has 1 rings (SSSR count). The summed E-state index contributed by atoms with van der Waals surface area (Å²) in [6, 6.07) is 3.93. The summed E-state index contributed by atoms with van der Waals surface area (Å²) in [4.78, 5) is 0. The van der Waals surface area contributed by atoms with Crippen LogP contribution in [-0.2, 0) is 12.6 Å². The van der Waals surface area contributed by atoms with Gasteiger partial charge < -0.3 is 5.73 Å². The van der Waals surface area contributed by atoms with Crippen LogP contribution in [-0.4, -0.2) is 12.7 Å². The molecule has 0 saturated carbocycles. The third-order valence-electron chi connectivity index (χ3n) is 2.71. The Bertz CT molecular complexity index is 409. The fourth-order valence-electron chi connectivity index (χ4n) is 1.74. The van der Waals surface area contributed by atoms with Gasteiger partial charge in [-0.1, -0.05) is 18.2 Å². The number of nitrogens with two attached hydrogens (primary N) is 1. The summed E-state index contributed by atoms with van der Waals surface area (Å²) in [5.41, 5.74) is 4.16. The van der Waals surface area contributed by atoms with Gasteiger partial charge in [-0.2, -0.15) is 26.3 Å². The molecule has 19 heavy (non-hydrogen) atoms. The number of rotatable bonds is 4. The molecule has 1 nitrogen and oxygen atoms in total. The maximum atomic E-state index is 12.6. The quantitative estimate of drug-likeness (QED) is 0.837. The normalized spacial score (nSPS) is 14.5. The van der Waals surface area contributed by atoms with Gasteiger partial charge in [0.15, 0.2) is 0 Å². The second kappa shape index (κ2) is 5.81. The molecule has 0 saturated heterocycles. The standard InChI is InChI=1S/C12H13F6N/c13-11(14,15)9-3-1-2-8(6-9)7-10(4-5-19)12(16,17)18/h1-3,6,10H,4-5,7,19H2. The van der Waals surface area contributed by atoms with Crippen molar-refractivity contribution in [1.29, 1.82) is 0 Å². The fraction of sp³-hybridized carbons (Fsp3) is 0.500. The first-order valence-corrected chi connectivity index (χ1v) is 5.57. The van der Waals surface area contributed by atoms with E-state index in [9.17, 15) is 26.3 Å². The zero-order valence-corrected chi connectivity index (χ0v) is 9.85. The highest BCUT2D eigenvalue weighted by atomic mass is 19.4. The first-order valence-electron chi connectivity index (χ1n) is 5.57. The Hall–Kier alpha value is -1.24. The molecule has 0 aliphatic carbocycles. The molecule has 7 heteroatoms. The predicted octanol–water partition coefficient (Wildman–Crippen LogP) is 3.78. The Morgan fingerprint density at radius 1 is 1.05 bits per heavy atom. The lowest BCUT2D eigenvalue weighted by molar-refractivity contribution is -0.175. The summed E-state index contributed by atoms with van der Waals surface area (Å²) < 4.78 is 75.3. The van der Waals surface area contributed by atoms with E-state index in [0.717, 1.165) is 18.2 Å². The molecular weight excluding hydrogens is 272 g/mol. The van der Waals surface area contributed by atoms with Crippen molar-refractivity contribution in [2.45, 2.75) is 25.2 Å². The van der Waals surface area contributed by atoms with Crippen LogP contribution in [0.1, 0.15) is 17.5 Å². The smallest absolute Gasteiger partial charge is 0.330 e. The van der Waals surface area contributed by atoms with Crippen LogP contribution in [0.3, 0.4) is 0 Å². The molecule has 1 unspecified atom stereocenters. The van der Waals surface area contributed by atoms with Crippen LogP contribution < -0.4 is 5.73 Å². The van der Waals surface area contributed by atoms with Crippen LogP contribution >= 0.6 is 0 Å². The van der Waals surface area contributed by atoms with Crippen LogP contribution in [0.15, 0.2) is 24.3 Å². The first kappa shape index (κ1) is 15.8. The second-order valence-electron chi connectivity index (χ2n) is 4.22. The van der Waals surface area contributed by atoms with Gasteiger partial charge in [0.2, 0.25) is 0 Å². The number of hydrogen-bond acceptors (Lipinski definition) is 1. The van der Waals surface area contributed by atoms with Gasteiger partial charge in [0.05, 0.1) is 11.5 Å². The van der Waals surface area contributed by atoms with E-state index in [1.165, 1.54) is 6.07 Å². The Labute approximate surface area is 106 Å². The molecule has 0 aliphatic rings. The van der Waals surface area contributed by atoms with Crippen molar-refractivity contribution in [1.82, 2.24) is 0 Å². The molecule has 0 amide bonds. The van der Waals surface area contributed by atoms with E-state index in [2.05, 4.69) is 0 Å². The Morgan fingerprint density at radius 3 is 2.16 bits per heavy atom. The molecule has 0 bridgehead atoms. The summed E-state index contributed by atoms with van der Waals surface area (Å²) in [5, 5.41) is 0. The van der Waals surface area contributed by atoms with E-state index in [1.807, 2.05) is 0 Å². The van der Waals surface area contributed by atoms with Gasteiger partial charge in [-0.05, 0) is 31.0 Å². The Kier molecular flexibility index (Phi) is 4.84. The lowest BCUT2D eigenvalue weighted by Crippen LogP contribution is -2.27. The summed E-state index contributed by atoms with van der Waals surface area (Å²) in [7, 11) is 0. The SMILES string of the molecule is NCCC(Cc1cccc(C(F)(F)F)c1)C(F)(F)F. The molecule has 0 aromatic heterocycles. The first-order chi connectivity index (χ1) is 8.64. The molecule has 108 valence electrons. The van der Waals surface area contributed by atoms with Crippen molar-refractivity contribution >= 4 is 0 Å². The average Bonchev–Trinajstić information content (AvgIpc) is 2.26. The summed E-state index contributed by atoms with van der Waals surface area (Å²) >= 11 is 0. The molecular formula is C12H13F6N. The number of hydrogen-bond donors (Lipinski definition) is 1.